The molecule has 0 saturated heterocycles. The van der Waals surface area contributed by atoms with Gasteiger partial charge in [-0.25, -0.2) is 0 Å². The summed E-state index contributed by atoms with van der Waals surface area (Å²) < 4.78 is 0. The molecule has 52 valence electrons. The van der Waals surface area contributed by atoms with Gasteiger partial charge in [0.05, 0.1) is 5.54 Å². The van der Waals surface area contributed by atoms with Gasteiger partial charge >= 0.3 is 0 Å². The lowest BCUT2D eigenvalue weighted by Gasteiger charge is -2.21. The molecule has 0 spiro atoms. The summed E-state index contributed by atoms with van der Waals surface area (Å²) in [6.45, 7) is 7.35. The summed E-state index contributed by atoms with van der Waals surface area (Å²) in [6.07, 6.45) is 1.70. The number of hydrogen-bond acceptors (Lipinski definition) is 1. The lowest BCUT2D eigenvalue weighted by Crippen LogP contribution is -2.44. The fraction of sp³-hybridized carbons (Fsp3) is 0.500. The molecule has 0 fully saturated rings. The number of guanidine groups is 1. The standard InChI is InChI=1S/C6H13N3/c1-4-6(2,3)9-5(7)8/h4H,1H2,2-3H3,(H4,7,8,9). The predicted molar refractivity (Wildman–Crippen MR) is 39.3 cm³/mol. The van der Waals surface area contributed by atoms with Gasteiger partial charge < -0.3 is 11.1 Å². The third kappa shape index (κ3) is 3.58. The first-order chi connectivity index (χ1) is 3.98. The molecular weight excluding hydrogens is 114 g/mol. The molecule has 0 aromatic rings. The molecule has 0 aliphatic heterocycles. The van der Waals surface area contributed by atoms with E-state index >= 15 is 0 Å². The highest BCUT2D eigenvalue weighted by Crippen LogP contribution is 2.00. The second-order valence-corrected chi connectivity index (χ2v) is 2.46. The maximum Gasteiger partial charge on any atom is 0.186 e. The van der Waals surface area contributed by atoms with Crippen LogP contribution in [0.25, 0.3) is 0 Å². The largest absolute Gasteiger partial charge is 0.370 e. The van der Waals surface area contributed by atoms with Gasteiger partial charge in [0, 0.05) is 0 Å². The van der Waals surface area contributed by atoms with Crippen molar-refractivity contribution in [1.82, 2.24) is 5.32 Å². The second-order valence-electron chi connectivity index (χ2n) is 2.46. The Kier molecular flexibility index (Phi) is 2.25. The third-order valence-corrected chi connectivity index (χ3v) is 0.967. The first kappa shape index (κ1) is 8.01. The zero-order chi connectivity index (χ0) is 7.49. The molecule has 0 aliphatic carbocycles. The number of hydrogen-bond donors (Lipinski definition) is 3. The van der Waals surface area contributed by atoms with Crippen molar-refractivity contribution in [1.29, 1.82) is 5.41 Å². The molecule has 0 radical (unpaired) electrons. The molecule has 4 N–H and O–H groups in total. The minimum Gasteiger partial charge on any atom is -0.370 e. The van der Waals surface area contributed by atoms with E-state index in [9.17, 15) is 0 Å². The van der Waals surface area contributed by atoms with Gasteiger partial charge in [-0.05, 0) is 13.8 Å². The van der Waals surface area contributed by atoms with E-state index < -0.39 is 0 Å². The van der Waals surface area contributed by atoms with E-state index in [0.29, 0.717) is 0 Å². The van der Waals surface area contributed by atoms with Crippen LogP contribution in [-0.2, 0) is 0 Å². The number of nitrogens with two attached hydrogens (primary N) is 1. The van der Waals surface area contributed by atoms with E-state index in [1.54, 1.807) is 6.08 Å². The Morgan fingerprint density at radius 3 is 2.33 bits per heavy atom. The maximum absolute atomic E-state index is 6.87. The minimum absolute atomic E-state index is 0.0279. The molecular formula is C6H13N3. The van der Waals surface area contributed by atoms with Crippen molar-refractivity contribution in [3.63, 3.8) is 0 Å². The summed E-state index contributed by atoms with van der Waals surface area (Å²) in [4.78, 5) is 0. The monoisotopic (exact) mass is 127 g/mol. The Balaban J connectivity index is 3.86. The highest BCUT2D eigenvalue weighted by atomic mass is 15.1. The van der Waals surface area contributed by atoms with Gasteiger partial charge in [0.25, 0.3) is 0 Å². The summed E-state index contributed by atoms with van der Waals surface area (Å²) in [6, 6.07) is 0. The van der Waals surface area contributed by atoms with Crippen LogP contribution in [-0.4, -0.2) is 11.5 Å². The van der Waals surface area contributed by atoms with E-state index in [4.69, 9.17) is 11.1 Å². The van der Waals surface area contributed by atoms with E-state index in [1.165, 1.54) is 0 Å². The van der Waals surface area contributed by atoms with Crippen LogP contribution in [0.15, 0.2) is 12.7 Å². The van der Waals surface area contributed by atoms with Crippen LogP contribution in [0.3, 0.4) is 0 Å². The van der Waals surface area contributed by atoms with Gasteiger partial charge in [-0.3, -0.25) is 5.41 Å². The minimum atomic E-state index is -0.272. The normalized spacial score (nSPS) is 10.4. The SMILES string of the molecule is C=CC(C)(C)NC(=N)N. The Labute approximate surface area is 55.4 Å². The maximum atomic E-state index is 6.87. The number of rotatable bonds is 2. The summed E-state index contributed by atoms with van der Waals surface area (Å²) >= 11 is 0. The topological polar surface area (TPSA) is 61.9 Å². The van der Waals surface area contributed by atoms with Gasteiger partial charge in [0.1, 0.15) is 0 Å². The predicted octanol–water partition coefficient (Wildman–Crippen LogP) is 0.434. The fourth-order valence-electron chi connectivity index (χ4n) is 0.398. The summed E-state index contributed by atoms with van der Waals surface area (Å²) in [5.41, 5.74) is 4.81. The highest BCUT2D eigenvalue weighted by Gasteiger charge is 2.10. The Hall–Kier alpha value is -0.990. The molecule has 0 rings (SSSR count). The summed E-state index contributed by atoms with van der Waals surface area (Å²) in [7, 11) is 0. The molecule has 0 bridgehead atoms. The molecule has 0 amide bonds. The first-order valence-electron chi connectivity index (χ1n) is 2.74. The van der Waals surface area contributed by atoms with Crippen molar-refractivity contribution in [3.05, 3.63) is 12.7 Å². The molecule has 3 heteroatoms. The van der Waals surface area contributed by atoms with Crippen molar-refractivity contribution < 1.29 is 0 Å². The van der Waals surface area contributed by atoms with Crippen molar-refractivity contribution in [2.24, 2.45) is 5.73 Å². The van der Waals surface area contributed by atoms with E-state index in [2.05, 4.69) is 11.9 Å². The van der Waals surface area contributed by atoms with Gasteiger partial charge in [-0.2, -0.15) is 0 Å². The molecule has 0 aromatic heterocycles. The molecule has 0 aliphatic rings. The smallest absolute Gasteiger partial charge is 0.186 e. The molecule has 0 aromatic carbocycles. The van der Waals surface area contributed by atoms with Crippen LogP contribution in [0.2, 0.25) is 0 Å². The third-order valence-electron chi connectivity index (χ3n) is 0.967. The number of nitrogens with one attached hydrogen (secondary N) is 2. The first-order valence-corrected chi connectivity index (χ1v) is 2.74. The van der Waals surface area contributed by atoms with Gasteiger partial charge in [0.2, 0.25) is 0 Å². The summed E-state index contributed by atoms with van der Waals surface area (Å²) in [5.74, 6) is -0.0279. The zero-order valence-corrected chi connectivity index (χ0v) is 5.86. The lowest BCUT2D eigenvalue weighted by atomic mass is 10.1. The van der Waals surface area contributed by atoms with Crippen molar-refractivity contribution >= 4 is 5.96 Å². The van der Waals surface area contributed by atoms with Crippen LogP contribution in [0.5, 0.6) is 0 Å². The molecule has 0 atom stereocenters. The van der Waals surface area contributed by atoms with Crippen molar-refractivity contribution in [2.75, 3.05) is 0 Å². The molecule has 0 unspecified atom stereocenters. The van der Waals surface area contributed by atoms with Gasteiger partial charge in [-0.15, -0.1) is 6.58 Å². The summed E-state index contributed by atoms with van der Waals surface area (Å²) in [5, 5.41) is 9.58. The molecule has 9 heavy (non-hydrogen) atoms. The van der Waals surface area contributed by atoms with Gasteiger partial charge in [0.15, 0.2) is 5.96 Å². The molecule has 3 nitrogen and oxygen atoms in total. The lowest BCUT2D eigenvalue weighted by molar-refractivity contribution is 0.573. The van der Waals surface area contributed by atoms with Crippen LogP contribution in [0.4, 0.5) is 0 Å². The Morgan fingerprint density at radius 1 is 1.78 bits per heavy atom. The fourth-order valence-corrected chi connectivity index (χ4v) is 0.398. The van der Waals surface area contributed by atoms with Crippen LogP contribution < -0.4 is 11.1 Å². The molecule has 0 saturated carbocycles. The molecule has 0 heterocycles. The van der Waals surface area contributed by atoms with Gasteiger partial charge in [-0.1, -0.05) is 6.08 Å². The quantitative estimate of drug-likeness (QED) is 0.286. The Morgan fingerprint density at radius 2 is 2.22 bits per heavy atom. The van der Waals surface area contributed by atoms with E-state index in [1.807, 2.05) is 13.8 Å². The van der Waals surface area contributed by atoms with Crippen LogP contribution in [0, 0.1) is 5.41 Å². The zero-order valence-electron chi connectivity index (χ0n) is 5.86. The van der Waals surface area contributed by atoms with E-state index in [0.717, 1.165) is 0 Å². The highest BCUT2D eigenvalue weighted by molar-refractivity contribution is 5.75. The van der Waals surface area contributed by atoms with E-state index in [-0.39, 0.29) is 11.5 Å². The Bertz CT molecular complexity index is 126. The average molecular weight is 127 g/mol. The average Bonchev–Trinajstić information content (AvgIpc) is 1.63. The second kappa shape index (κ2) is 2.53. The van der Waals surface area contributed by atoms with Crippen molar-refractivity contribution in [2.45, 2.75) is 19.4 Å². The van der Waals surface area contributed by atoms with Crippen LogP contribution >= 0.6 is 0 Å². The van der Waals surface area contributed by atoms with Crippen LogP contribution in [0.1, 0.15) is 13.8 Å². The van der Waals surface area contributed by atoms with Crippen molar-refractivity contribution in [3.8, 4) is 0 Å².